The van der Waals surface area contributed by atoms with E-state index in [9.17, 15) is 4.79 Å². The first kappa shape index (κ1) is 14.9. The van der Waals surface area contributed by atoms with Gasteiger partial charge in [-0.15, -0.1) is 0 Å². The number of amides is 1. The number of nitrogens with one attached hydrogen (secondary N) is 2. The predicted octanol–water partition coefficient (Wildman–Crippen LogP) is 2.30. The first-order valence-electron chi connectivity index (χ1n) is 6.56. The SMILES string of the molecule is COc1cc(NC(=O)CNCC2CC2)c(OC)cc1Cl. The number of ether oxygens (including phenoxy) is 2. The maximum atomic E-state index is 11.9. The van der Waals surface area contributed by atoms with Crippen molar-refractivity contribution < 1.29 is 14.3 Å². The second-order valence-corrected chi connectivity index (χ2v) is 5.22. The molecule has 1 aromatic carbocycles. The molecular formula is C14H19ClN2O3. The Balaban J connectivity index is 1.96. The summed E-state index contributed by atoms with van der Waals surface area (Å²) < 4.78 is 10.3. The summed E-state index contributed by atoms with van der Waals surface area (Å²) in [6.07, 6.45) is 2.52. The average molecular weight is 299 g/mol. The first-order chi connectivity index (χ1) is 9.63. The van der Waals surface area contributed by atoms with Crippen LogP contribution in [0.15, 0.2) is 12.1 Å². The second-order valence-electron chi connectivity index (χ2n) is 4.81. The summed E-state index contributed by atoms with van der Waals surface area (Å²) in [5, 5.41) is 6.37. The van der Waals surface area contributed by atoms with Crippen LogP contribution in [0, 0.1) is 5.92 Å². The minimum absolute atomic E-state index is 0.117. The monoisotopic (exact) mass is 298 g/mol. The van der Waals surface area contributed by atoms with Gasteiger partial charge >= 0.3 is 0 Å². The van der Waals surface area contributed by atoms with Gasteiger partial charge in [-0.1, -0.05) is 11.6 Å². The van der Waals surface area contributed by atoms with E-state index in [2.05, 4.69) is 10.6 Å². The van der Waals surface area contributed by atoms with Gasteiger partial charge in [0, 0.05) is 12.1 Å². The van der Waals surface area contributed by atoms with Crippen molar-refractivity contribution in [2.24, 2.45) is 5.92 Å². The Bertz CT molecular complexity index is 490. The molecular weight excluding hydrogens is 280 g/mol. The lowest BCUT2D eigenvalue weighted by Crippen LogP contribution is -2.29. The highest BCUT2D eigenvalue weighted by atomic mass is 35.5. The summed E-state index contributed by atoms with van der Waals surface area (Å²) in [7, 11) is 3.05. The lowest BCUT2D eigenvalue weighted by molar-refractivity contribution is -0.115. The highest BCUT2D eigenvalue weighted by Gasteiger charge is 2.20. The summed E-state index contributed by atoms with van der Waals surface area (Å²) in [5.41, 5.74) is 0.548. The van der Waals surface area contributed by atoms with Crippen molar-refractivity contribution in [2.75, 3.05) is 32.6 Å². The first-order valence-corrected chi connectivity index (χ1v) is 6.94. The van der Waals surface area contributed by atoms with Crippen molar-refractivity contribution in [1.29, 1.82) is 0 Å². The van der Waals surface area contributed by atoms with E-state index in [4.69, 9.17) is 21.1 Å². The smallest absolute Gasteiger partial charge is 0.238 e. The molecule has 5 nitrogen and oxygen atoms in total. The molecule has 0 aromatic heterocycles. The van der Waals surface area contributed by atoms with Gasteiger partial charge in [0.05, 0.1) is 31.5 Å². The number of carbonyl (C=O) groups is 1. The average Bonchev–Trinajstić information content (AvgIpc) is 3.24. The minimum atomic E-state index is -0.117. The summed E-state index contributed by atoms with van der Waals surface area (Å²) in [6.45, 7) is 1.18. The number of carbonyl (C=O) groups excluding carboxylic acids is 1. The molecule has 6 heteroatoms. The molecule has 0 unspecified atom stereocenters. The predicted molar refractivity (Wildman–Crippen MR) is 78.8 cm³/mol. The van der Waals surface area contributed by atoms with Crippen LogP contribution < -0.4 is 20.1 Å². The van der Waals surface area contributed by atoms with Crippen LogP contribution in [0.2, 0.25) is 5.02 Å². The maximum absolute atomic E-state index is 11.9. The standard InChI is InChI=1S/C14H19ClN2O3/c1-19-12-6-11(13(20-2)5-10(12)15)17-14(18)8-16-7-9-3-4-9/h5-6,9,16H,3-4,7-8H2,1-2H3,(H,17,18). The van der Waals surface area contributed by atoms with Crippen molar-refractivity contribution in [3.63, 3.8) is 0 Å². The molecule has 0 atom stereocenters. The van der Waals surface area contributed by atoms with E-state index in [1.165, 1.54) is 27.1 Å². The van der Waals surface area contributed by atoms with E-state index in [0.29, 0.717) is 22.2 Å². The number of hydrogen-bond acceptors (Lipinski definition) is 4. The molecule has 0 spiro atoms. The molecule has 20 heavy (non-hydrogen) atoms. The van der Waals surface area contributed by atoms with Crippen molar-refractivity contribution in [3.05, 3.63) is 17.2 Å². The Morgan fingerprint density at radius 2 is 2.00 bits per heavy atom. The van der Waals surface area contributed by atoms with Gasteiger partial charge in [0.25, 0.3) is 0 Å². The van der Waals surface area contributed by atoms with Gasteiger partial charge in [0.1, 0.15) is 11.5 Å². The van der Waals surface area contributed by atoms with Crippen LogP contribution in [-0.4, -0.2) is 33.2 Å². The summed E-state index contributed by atoms with van der Waals surface area (Å²) in [5.74, 6) is 1.63. The van der Waals surface area contributed by atoms with E-state index < -0.39 is 0 Å². The van der Waals surface area contributed by atoms with E-state index in [-0.39, 0.29) is 12.5 Å². The van der Waals surface area contributed by atoms with Crippen LogP contribution >= 0.6 is 11.6 Å². The van der Waals surface area contributed by atoms with Crippen molar-refractivity contribution in [2.45, 2.75) is 12.8 Å². The Morgan fingerprint density at radius 1 is 1.30 bits per heavy atom. The molecule has 110 valence electrons. The molecule has 1 fully saturated rings. The molecule has 0 radical (unpaired) electrons. The molecule has 1 aliphatic rings. The largest absolute Gasteiger partial charge is 0.495 e. The molecule has 0 saturated heterocycles. The van der Waals surface area contributed by atoms with Crippen molar-refractivity contribution in [3.8, 4) is 11.5 Å². The van der Waals surface area contributed by atoms with E-state index in [1.807, 2.05) is 0 Å². The third kappa shape index (κ3) is 4.02. The maximum Gasteiger partial charge on any atom is 0.238 e. The summed E-state index contributed by atoms with van der Waals surface area (Å²) >= 11 is 6.01. The van der Waals surface area contributed by atoms with Crippen molar-refractivity contribution in [1.82, 2.24) is 5.32 Å². The van der Waals surface area contributed by atoms with E-state index >= 15 is 0 Å². The van der Waals surface area contributed by atoms with Crippen LogP contribution in [-0.2, 0) is 4.79 Å². The van der Waals surface area contributed by atoms with Gasteiger partial charge in [-0.25, -0.2) is 0 Å². The number of rotatable bonds is 7. The van der Waals surface area contributed by atoms with Crippen LogP contribution in [0.4, 0.5) is 5.69 Å². The minimum Gasteiger partial charge on any atom is -0.495 e. The van der Waals surface area contributed by atoms with Gasteiger partial charge in [-0.05, 0) is 25.3 Å². The quantitative estimate of drug-likeness (QED) is 0.811. The Labute approximate surface area is 123 Å². The van der Waals surface area contributed by atoms with Crippen molar-refractivity contribution >= 4 is 23.2 Å². The fraction of sp³-hybridized carbons (Fsp3) is 0.500. The van der Waals surface area contributed by atoms with Gasteiger partial charge in [-0.3, -0.25) is 4.79 Å². The third-order valence-electron chi connectivity index (χ3n) is 3.16. The third-order valence-corrected chi connectivity index (χ3v) is 3.46. The highest BCUT2D eigenvalue weighted by molar-refractivity contribution is 6.32. The Hall–Kier alpha value is -1.46. The highest BCUT2D eigenvalue weighted by Crippen LogP contribution is 2.35. The molecule has 1 amide bonds. The van der Waals surface area contributed by atoms with Gasteiger partial charge in [0.15, 0.2) is 0 Å². The number of methoxy groups -OCH3 is 2. The van der Waals surface area contributed by atoms with Crippen LogP contribution in [0.1, 0.15) is 12.8 Å². The molecule has 0 heterocycles. The zero-order valence-corrected chi connectivity index (χ0v) is 12.4. The normalized spacial score (nSPS) is 13.9. The topological polar surface area (TPSA) is 59.6 Å². The molecule has 1 aliphatic carbocycles. The molecule has 2 rings (SSSR count). The van der Waals surface area contributed by atoms with Crippen LogP contribution in [0.3, 0.4) is 0 Å². The molecule has 1 saturated carbocycles. The lowest BCUT2D eigenvalue weighted by Gasteiger charge is -2.13. The zero-order valence-electron chi connectivity index (χ0n) is 11.7. The van der Waals surface area contributed by atoms with Crippen LogP contribution in [0.5, 0.6) is 11.5 Å². The van der Waals surface area contributed by atoms with Crippen LogP contribution in [0.25, 0.3) is 0 Å². The Kier molecular flexibility index (Phi) is 5.09. The second kappa shape index (κ2) is 6.81. The van der Waals surface area contributed by atoms with Gasteiger partial charge in [0.2, 0.25) is 5.91 Å². The fourth-order valence-electron chi connectivity index (χ4n) is 1.86. The molecule has 0 bridgehead atoms. The number of halogens is 1. The van der Waals surface area contributed by atoms with Gasteiger partial charge < -0.3 is 20.1 Å². The van der Waals surface area contributed by atoms with E-state index in [1.54, 1.807) is 12.1 Å². The van der Waals surface area contributed by atoms with E-state index in [0.717, 1.165) is 12.5 Å². The molecule has 1 aromatic rings. The fourth-order valence-corrected chi connectivity index (χ4v) is 2.10. The summed E-state index contributed by atoms with van der Waals surface area (Å²) in [6, 6.07) is 3.27. The number of benzene rings is 1. The number of anilines is 1. The molecule has 0 aliphatic heterocycles. The zero-order chi connectivity index (χ0) is 14.5. The Morgan fingerprint density at radius 3 is 2.60 bits per heavy atom. The number of hydrogen-bond donors (Lipinski definition) is 2. The summed E-state index contributed by atoms with van der Waals surface area (Å²) in [4.78, 5) is 11.9. The molecule has 2 N–H and O–H groups in total. The van der Waals surface area contributed by atoms with Gasteiger partial charge in [-0.2, -0.15) is 0 Å². The lowest BCUT2D eigenvalue weighted by atomic mass is 10.2.